The molecule has 2 nitrogen and oxygen atoms in total. The molecule has 4 heteroatoms. The molecule has 23 heavy (non-hydrogen) atoms. The Morgan fingerprint density at radius 2 is 1.65 bits per heavy atom. The number of rotatable bonds is 6. The van der Waals surface area contributed by atoms with E-state index >= 15 is 0 Å². The lowest BCUT2D eigenvalue weighted by Gasteiger charge is -2.34. The van der Waals surface area contributed by atoms with E-state index < -0.39 is 19.5 Å². The van der Waals surface area contributed by atoms with Crippen molar-refractivity contribution in [2.75, 3.05) is 6.26 Å². The van der Waals surface area contributed by atoms with Crippen LogP contribution in [0.4, 0.5) is 0 Å². The summed E-state index contributed by atoms with van der Waals surface area (Å²) in [6.07, 6.45) is 2.02. The number of carbonyl (C=O) groups is 1. The first-order valence-corrected chi connectivity index (χ1v) is 12.2. The minimum Gasteiger partial charge on any atom is -0.481 e. The van der Waals surface area contributed by atoms with Crippen molar-refractivity contribution in [1.29, 1.82) is 0 Å². The van der Waals surface area contributed by atoms with E-state index in [2.05, 4.69) is 25.2 Å². The molecule has 1 unspecified atom stereocenters. The third-order valence-electron chi connectivity index (χ3n) is 4.55. The SMILES string of the molecule is CSc1ccc(C(C)(C[Si](C)(C)c2ccccc2)C(=O)O)cc1. The van der Waals surface area contributed by atoms with Crippen molar-refractivity contribution in [3.63, 3.8) is 0 Å². The molecule has 0 aliphatic heterocycles. The minimum absolute atomic E-state index is 0.679. The molecular weight excluding hydrogens is 320 g/mol. The van der Waals surface area contributed by atoms with Crippen molar-refractivity contribution in [3.05, 3.63) is 60.2 Å². The third kappa shape index (κ3) is 3.87. The number of benzene rings is 2. The second kappa shape index (κ2) is 6.93. The fourth-order valence-electron chi connectivity index (χ4n) is 3.14. The first-order chi connectivity index (χ1) is 10.8. The summed E-state index contributed by atoms with van der Waals surface area (Å²) < 4.78 is 0. The number of hydrogen-bond donors (Lipinski definition) is 1. The first-order valence-electron chi connectivity index (χ1n) is 7.73. The largest absolute Gasteiger partial charge is 0.481 e. The molecule has 0 aliphatic rings. The summed E-state index contributed by atoms with van der Waals surface area (Å²) in [5.74, 6) is -0.745. The van der Waals surface area contributed by atoms with Crippen molar-refractivity contribution in [2.45, 2.75) is 36.4 Å². The molecule has 0 saturated carbocycles. The first kappa shape index (κ1) is 17.8. The topological polar surface area (TPSA) is 37.3 Å². The summed E-state index contributed by atoms with van der Waals surface area (Å²) in [4.78, 5) is 13.3. The maximum atomic E-state index is 12.1. The van der Waals surface area contributed by atoms with Gasteiger partial charge in [-0.3, -0.25) is 4.79 Å². The molecule has 122 valence electrons. The summed E-state index contributed by atoms with van der Waals surface area (Å²) in [7, 11) is -1.87. The van der Waals surface area contributed by atoms with Crippen molar-refractivity contribution in [1.82, 2.24) is 0 Å². The van der Waals surface area contributed by atoms with Gasteiger partial charge < -0.3 is 5.11 Å². The summed E-state index contributed by atoms with van der Waals surface area (Å²) in [5.41, 5.74) is 0.0296. The van der Waals surface area contributed by atoms with Crippen LogP contribution in [0.25, 0.3) is 0 Å². The molecule has 0 aliphatic carbocycles. The van der Waals surface area contributed by atoms with E-state index in [1.807, 2.05) is 55.6 Å². The maximum absolute atomic E-state index is 12.1. The van der Waals surface area contributed by atoms with E-state index in [1.54, 1.807) is 11.8 Å². The van der Waals surface area contributed by atoms with Gasteiger partial charge in [-0.15, -0.1) is 11.8 Å². The van der Waals surface area contributed by atoms with Crippen molar-refractivity contribution in [3.8, 4) is 0 Å². The normalized spacial score (nSPS) is 14.3. The summed E-state index contributed by atoms with van der Waals surface area (Å²) in [6, 6.07) is 19.0. The molecule has 2 rings (SSSR count). The molecule has 0 radical (unpaired) electrons. The van der Waals surface area contributed by atoms with Crippen LogP contribution >= 0.6 is 11.8 Å². The van der Waals surface area contributed by atoms with Crippen molar-refractivity contribution in [2.24, 2.45) is 0 Å². The Morgan fingerprint density at radius 3 is 2.13 bits per heavy atom. The second-order valence-electron chi connectivity index (χ2n) is 6.79. The number of thioether (sulfide) groups is 1. The van der Waals surface area contributed by atoms with Crippen molar-refractivity contribution < 1.29 is 9.90 Å². The van der Waals surface area contributed by atoms with Crippen LogP contribution in [0.3, 0.4) is 0 Å². The summed E-state index contributed by atoms with van der Waals surface area (Å²) in [5, 5.41) is 11.2. The summed E-state index contributed by atoms with van der Waals surface area (Å²) >= 11 is 1.67. The highest BCUT2D eigenvalue weighted by molar-refractivity contribution is 7.98. The molecule has 0 spiro atoms. The quantitative estimate of drug-likeness (QED) is 0.625. The van der Waals surface area contributed by atoms with Crippen LogP contribution in [0.2, 0.25) is 19.1 Å². The fraction of sp³-hybridized carbons (Fsp3) is 0.316. The predicted molar refractivity (Wildman–Crippen MR) is 102 cm³/mol. The number of hydrogen-bond acceptors (Lipinski definition) is 2. The highest BCUT2D eigenvalue weighted by atomic mass is 32.2. The van der Waals surface area contributed by atoms with Gasteiger partial charge in [0.25, 0.3) is 0 Å². The van der Waals surface area contributed by atoms with Crippen LogP contribution in [0.5, 0.6) is 0 Å². The van der Waals surface area contributed by atoms with E-state index in [9.17, 15) is 9.90 Å². The Labute approximate surface area is 144 Å². The van der Waals surface area contributed by atoms with Crippen molar-refractivity contribution >= 4 is 31.0 Å². The zero-order valence-electron chi connectivity index (χ0n) is 14.2. The minimum atomic E-state index is -1.87. The fourth-order valence-corrected chi connectivity index (χ4v) is 6.97. The van der Waals surface area contributed by atoms with Gasteiger partial charge >= 0.3 is 5.97 Å². The van der Waals surface area contributed by atoms with Crippen LogP contribution in [-0.4, -0.2) is 25.4 Å². The van der Waals surface area contributed by atoms with Gasteiger partial charge in [0.15, 0.2) is 0 Å². The Kier molecular flexibility index (Phi) is 5.37. The van der Waals surface area contributed by atoms with Gasteiger partial charge in [0.05, 0.1) is 13.5 Å². The predicted octanol–water partition coefficient (Wildman–Crippen LogP) is 4.37. The lowest BCUT2D eigenvalue weighted by Crippen LogP contribution is -2.49. The van der Waals surface area contributed by atoms with Gasteiger partial charge in [0, 0.05) is 4.90 Å². The molecule has 0 bridgehead atoms. The molecule has 1 N–H and O–H groups in total. The molecule has 2 aromatic rings. The van der Waals surface area contributed by atoms with Gasteiger partial charge in [-0.1, -0.05) is 60.7 Å². The number of carboxylic acids is 1. The van der Waals surface area contributed by atoms with Gasteiger partial charge in [-0.2, -0.15) is 0 Å². The molecule has 0 saturated heterocycles. The van der Waals surface area contributed by atoms with E-state index in [-0.39, 0.29) is 0 Å². The van der Waals surface area contributed by atoms with E-state index in [0.717, 1.165) is 10.5 Å². The average Bonchev–Trinajstić information content (AvgIpc) is 2.55. The second-order valence-corrected chi connectivity index (χ2v) is 12.4. The Hall–Kier alpha value is -1.52. The number of carboxylic acid groups (broad SMARTS) is 1. The van der Waals surface area contributed by atoms with Gasteiger partial charge in [0.1, 0.15) is 0 Å². The van der Waals surface area contributed by atoms with Crippen LogP contribution in [-0.2, 0) is 10.2 Å². The Morgan fingerprint density at radius 1 is 1.09 bits per heavy atom. The third-order valence-corrected chi connectivity index (χ3v) is 8.78. The Balaban J connectivity index is 2.39. The van der Waals surface area contributed by atoms with Gasteiger partial charge in [-0.25, -0.2) is 0 Å². The molecular formula is C19H24O2SSi. The molecule has 2 aromatic carbocycles. The molecule has 0 fully saturated rings. The van der Waals surface area contributed by atoms with E-state index in [0.29, 0.717) is 6.04 Å². The molecule has 0 heterocycles. The Bertz CT molecular complexity index is 668. The zero-order chi connectivity index (χ0) is 17.1. The molecule has 1 atom stereocenters. The van der Waals surface area contributed by atoms with Crippen LogP contribution in [0, 0.1) is 0 Å². The van der Waals surface area contributed by atoms with Gasteiger partial charge in [-0.05, 0) is 36.9 Å². The lowest BCUT2D eigenvalue weighted by atomic mass is 9.84. The average molecular weight is 345 g/mol. The summed E-state index contributed by atoms with van der Waals surface area (Å²) in [6.45, 7) is 6.36. The smallest absolute Gasteiger partial charge is 0.313 e. The standard InChI is InChI=1S/C19H24O2SSi/c1-19(18(20)21,15-10-12-16(22-2)13-11-15)14-23(3,4)17-8-6-5-7-9-17/h5-13H,14H2,1-4H3,(H,20,21). The van der Waals surface area contributed by atoms with E-state index in [1.165, 1.54) is 5.19 Å². The highest BCUT2D eigenvalue weighted by Crippen LogP contribution is 2.34. The number of aliphatic carboxylic acids is 1. The maximum Gasteiger partial charge on any atom is 0.313 e. The zero-order valence-corrected chi connectivity index (χ0v) is 16.0. The van der Waals surface area contributed by atoms with Crippen LogP contribution in [0.15, 0.2) is 59.5 Å². The molecule has 0 amide bonds. The highest BCUT2D eigenvalue weighted by Gasteiger charge is 2.41. The van der Waals surface area contributed by atoms with Crippen LogP contribution in [0.1, 0.15) is 12.5 Å². The van der Waals surface area contributed by atoms with Gasteiger partial charge in [0.2, 0.25) is 0 Å². The molecule has 0 aromatic heterocycles. The monoisotopic (exact) mass is 344 g/mol. The van der Waals surface area contributed by atoms with Crippen LogP contribution < -0.4 is 5.19 Å². The lowest BCUT2D eigenvalue weighted by molar-refractivity contribution is -0.142. The van der Waals surface area contributed by atoms with E-state index in [4.69, 9.17) is 0 Å².